The molecule has 0 radical (unpaired) electrons. The van der Waals surface area contributed by atoms with Crippen molar-refractivity contribution in [2.45, 2.75) is 55.7 Å². The number of alkyl halides is 9. The smallest absolute Gasteiger partial charge is 0.460 e. The molecule has 33 heavy (non-hydrogen) atoms. The number of rotatable bonds is 14. The van der Waals surface area contributed by atoms with Crippen LogP contribution < -0.4 is 10.6 Å². The van der Waals surface area contributed by atoms with Gasteiger partial charge in [-0.3, -0.25) is 9.59 Å². The van der Waals surface area contributed by atoms with Gasteiger partial charge in [0.1, 0.15) is 6.04 Å². The van der Waals surface area contributed by atoms with Crippen molar-refractivity contribution >= 4 is 11.9 Å². The summed E-state index contributed by atoms with van der Waals surface area (Å²) < 4.78 is 121. The predicted octanol–water partition coefficient (Wildman–Crippen LogP) is 2.97. The highest BCUT2D eigenvalue weighted by atomic mass is 19.4. The van der Waals surface area contributed by atoms with Crippen LogP contribution in [0.3, 0.4) is 0 Å². The zero-order chi connectivity index (χ0) is 26.3. The van der Waals surface area contributed by atoms with Crippen molar-refractivity contribution in [3.63, 3.8) is 0 Å². The van der Waals surface area contributed by atoms with Gasteiger partial charge in [-0.15, -0.1) is 0 Å². The van der Waals surface area contributed by atoms with Crippen LogP contribution >= 0.6 is 0 Å². The number of amides is 1. The molecule has 1 amide bonds. The van der Waals surface area contributed by atoms with Gasteiger partial charge in [-0.05, 0) is 19.4 Å². The molecule has 0 saturated carbocycles. The van der Waals surface area contributed by atoms with Crippen molar-refractivity contribution in [3.8, 4) is 0 Å². The summed E-state index contributed by atoms with van der Waals surface area (Å²) in [6, 6.07) is -1.38. The number of carbonyl (C=O) groups is 2. The van der Waals surface area contributed by atoms with Gasteiger partial charge in [0, 0.05) is 7.05 Å². The van der Waals surface area contributed by atoms with Crippen molar-refractivity contribution in [1.29, 1.82) is 0 Å². The third kappa shape index (κ3) is 9.18. The molecule has 15 heteroatoms. The Bertz CT molecular complexity index is 650. The predicted molar refractivity (Wildman–Crippen MR) is 99.1 cm³/mol. The number of hydrogen-bond donors (Lipinski definition) is 2. The van der Waals surface area contributed by atoms with Gasteiger partial charge in [0.25, 0.3) is 0 Å². The van der Waals surface area contributed by atoms with Crippen LogP contribution in [-0.4, -0.2) is 94.2 Å². The topological polar surface area (TPSA) is 67.4 Å². The number of ether oxygens (including phenoxy) is 1. The zero-order valence-corrected chi connectivity index (χ0v) is 18.6. The largest absolute Gasteiger partial charge is 0.464 e. The maximum atomic E-state index is 13.5. The first-order valence-corrected chi connectivity index (χ1v) is 9.81. The Morgan fingerprint density at radius 3 is 1.91 bits per heavy atom. The standard InChI is InChI=1S/C18H28F9N3O3/c1-28-13(31)11-12(29-8-5-6-9-30(2,3)4)14(32)33-10-7-15(19,20)16(21,22)17(23,24)18(25,26)27/h12,29H,5-11H2,1-4H3/p+1. The molecule has 0 aromatic rings. The molecule has 0 saturated heterocycles. The van der Waals surface area contributed by atoms with Crippen molar-refractivity contribution in [3.05, 3.63) is 0 Å². The minimum atomic E-state index is -7.01. The molecule has 0 fully saturated rings. The Labute approximate surface area is 185 Å². The third-order valence-electron chi connectivity index (χ3n) is 4.47. The molecule has 0 aromatic heterocycles. The SMILES string of the molecule is CNC(=O)CC(NCCCC[N+](C)(C)C)C(=O)OCCC(F)(F)C(F)(F)C(F)(F)C(F)(F)F. The normalized spacial score (nSPS) is 14.7. The van der Waals surface area contributed by atoms with E-state index in [1.54, 1.807) is 0 Å². The molecule has 0 aliphatic heterocycles. The minimum absolute atomic E-state index is 0.197. The van der Waals surface area contributed by atoms with E-state index < -0.39 is 61.3 Å². The van der Waals surface area contributed by atoms with Crippen LogP contribution in [0.4, 0.5) is 39.5 Å². The van der Waals surface area contributed by atoms with E-state index in [1.165, 1.54) is 7.05 Å². The van der Waals surface area contributed by atoms with Gasteiger partial charge in [0.05, 0.1) is 47.1 Å². The Kier molecular flexibility index (Phi) is 11.0. The number of esters is 1. The maximum Gasteiger partial charge on any atom is 0.460 e. The van der Waals surface area contributed by atoms with Crippen molar-refractivity contribution < 1.29 is 58.3 Å². The van der Waals surface area contributed by atoms with E-state index in [-0.39, 0.29) is 6.54 Å². The van der Waals surface area contributed by atoms with Crippen LogP contribution in [0.5, 0.6) is 0 Å². The van der Waals surface area contributed by atoms with Crippen LogP contribution in [-0.2, 0) is 14.3 Å². The van der Waals surface area contributed by atoms with Crippen molar-refractivity contribution in [2.75, 3.05) is 47.9 Å². The molecule has 0 heterocycles. The molecule has 0 spiro atoms. The van der Waals surface area contributed by atoms with Gasteiger partial charge in [-0.1, -0.05) is 0 Å². The molecular weight excluding hydrogens is 477 g/mol. The summed E-state index contributed by atoms with van der Waals surface area (Å²) in [6.07, 6.45) is -8.47. The summed E-state index contributed by atoms with van der Waals surface area (Å²) >= 11 is 0. The molecule has 0 aliphatic carbocycles. The fourth-order valence-corrected chi connectivity index (χ4v) is 2.46. The Hall–Kier alpha value is -1.77. The minimum Gasteiger partial charge on any atom is -0.464 e. The molecule has 0 rings (SSSR count). The summed E-state index contributed by atoms with van der Waals surface area (Å²) in [5.41, 5.74) is 0. The van der Waals surface area contributed by atoms with Crippen molar-refractivity contribution in [2.24, 2.45) is 0 Å². The van der Waals surface area contributed by atoms with Crippen LogP contribution in [0.25, 0.3) is 0 Å². The molecular formula is C18H29F9N3O3+. The molecule has 2 N–H and O–H groups in total. The number of halogens is 9. The van der Waals surface area contributed by atoms with E-state index in [9.17, 15) is 49.1 Å². The van der Waals surface area contributed by atoms with E-state index in [4.69, 9.17) is 0 Å². The lowest BCUT2D eigenvalue weighted by Crippen LogP contribution is -2.61. The van der Waals surface area contributed by atoms with Gasteiger partial charge in [0.15, 0.2) is 0 Å². The molecule has 196 valence electrons. The van der Waals surface area contributed by atoms with E-state index >= 15 is 0 Å². The molecule has 0 aromatic carbocycles. The molecule has 6 nitrogen and oxygen atoms in total. The first kappa shape index (κ1) is 31.2. The monoisotopic (exact) mass is 506 g/mol. The van der Waals surface area contributed by atoms with Gasteiger partial charge in [-0.25, -0.2) is 0 Å². The zero-order valence-electron chi connectivity index (χ0n) is 18.6. The summed E-state index contributed by atoms with van der Waals surface area (Å²) in [7, 11) is 7.09. The van der Waals surface area contributed by atoms with Gasteiger partial charge in [0.2, 0.25) is 5.91 Å². The highest BCUT2D eigenvalue weighted by Gasteiger charge is 2.81. The van der Waals surface area contributed by atoms with Gasteiger partial charge in [-0.2, -0.15) is 39.5 Å². The number of carbonyl (C=O) groups excluding carboxylic acids is 2. The molecule has 0 aliphatic rings. The van der Waals surface area contributed by atoms with Crippen LogP contribution in [0.15, 0.2) is 0 Å². The Morgan fingerprint density at radius 1 is 0.909 bits per heavy atom. The molecule has 1 unspecified atom stereocenters. The first-order chi connectivity index (χ1) is 14.7. The Morgan fingerprint density at radius 2 is 1.45 bits per heavy atom. The summed E-state index contributed by atoms with van der Waals surface area (Å²) in [6.45, 7) is -0.607. The second-order valence-corrected chi connectivity index (χ2v) is 8.37. The van der Waals surface area contributed by atoms with E-state index in [0.29, 0.717) is 17.3 Å². The highest BCUT2D eigenvalue weighted by Crippen LogP contribution is 2.53. The second-order valence-electron chi connectivity index (χ2n) is 8.37. The number of nitrogens with zero attached hydrogens (tertiary/aromatic N) is 1. The third-order valence-corrected chi connectivity index (χ3v) is 4.47. The van der Waals surface area contributed by atoms with Crippen LogP contribution in [0.2, 0.25) is 0 Å². The van der Waals surface area contributed by atoms with Gasteiger partial charge >= 0.3 is 29.9 Å². The highest BCUT2D eigenvalue weighted by molar-refractivity contribution is 5.85. The Balaban J connectivity index is 5.01. The number of nitrogens with one attached hydrogen (secondary N) is 2. The first-order valence-electron chi connectivity index (χ1n) is 9.81. The lowest BCUT2D eigenvalue weighted by atomic mass is 10.0. The van der Waals surface area contributed by atoms with Crippen LogP contribution in [0, 0.1) is 0 Å². The summed E-state index contributed by atoms with van der Waals surface area (Å²) in [5.74, 6) is -21.6. The second kappa shape index (κ2) is 11.6. The summed E-state index contributed by atoms with van der Waals surface area (Å²) in [4.78, 5) is 23.6. The van der Waals surface area contributed by atoms with E-state index in [2.05, 4.69) is 15.4 Å². The lowest BCUT2D eigenvalue weighted by molar-refractivity contribution is -0.870. The number of unbranched alkanes of at least 4 members (excludes halogenated alkanes) is 1. The molecule has 1 atom stereocenters. The number of hydrogen-bond acceptors (Lipinski definition) is 4. The maximum absolute atomic E-state index is 13.5. The van der Waals surface area contributed by atoms with Gasteiger partial charge < -0.3 is 19.9 Å². The van der Waals surface area contributed by atoms with E-state index in [0.717, 1.165) is 6.54 Å². The quantitative estimate of drug-likeness (QED) is 0.165. The van der Waals surface area contributed by atoms with Crippen molar-refractivity contribution in [1.82, 2.24) is 10.6 Å². The molecule has 0 bridgehead atoms. The number of quaternary nitrogens is 1. The van der Waals surface area contributed by atoms with E-state index in [1.807, 2.05) is 21.1 Å². The fraction of sp³-hybridized carbons (Fsp3) is 0.889. The lowest BCUT2D eigenvalue weighted by Gasteiger charge is -2.33. The summed E-state index contributed by atoms with van der Waals surface area (Å²) in [5, 5.41) is 4.85. The average molecular weight is 506 g/mol. The fourth-order valence-electron chi connectivity index (χ4n) is 2.46. The average Bonchev–Trinajstić information content (AvgIpc) is 2.64. The van der Waals surface area contributed by atoms with Crippen LogP contribution in [0.1, 0.15) is 25.7 Å².